The summed E-state index contributed by atoms with van der Waals surface area (Å²) in [4.78, 5) is 0. The molecule has 2 heteroatoms. The smallest absolute Gasteiger partial charge is 0.0583 e. The third kappa shape index (κ3) is 1.25. The van der Waals surface area contributed by atoms with Gasteiger partial charge in [-0.1, -0.05) is 6.92 Å². The van der Waals surface area contributed by atoms with E-state index >= 15 is 0 Å². The molecule has 0 aromatic carbocycles. The van der Waals surface area contributed by atoms with Crippen LogP contribution >= 0.6 is 0 Å². The molecule has 0 aromatic heterocycles. The molecule has 0 amide bonds. The molecule has 3 N–H and O–H groups in total. The molecule has 0 bridgehead atoms. The van der Waals surface area contributed by atoms with Crippen LogP contribution in [0.2, 0.25) is 0 Å². The van der Waals surface area contributed by atoms with E-state index in [-0.39, 0.29) is 6.10 Å². The van der Waals surface area contributed by atoms with Crippen LogP contribution < -0.4 is 5.73 Å². The molecule has 1 rings (SSSR count). The minimum Gasteiger partial charge on any atom is -0.393 e. The van der Waals surface area contributed by atoms with E-state index in [1.807, 2.05) is 0 Å². The lowest BCUT2D eigenvalue weighted by Crippen LogP contribution is -2.26. The Balaban J connectivity index is 2.44. The van der Waals surface area contributed by atoms with Gasteiger partial charge in [-0.05, 0) is 31.2 Å². The van der Waals surface area contributed by atoms with Gasteiger partial charge < -0.3 is 10.8 Å². The molecule has 3 atom stereocenters. The lowest BCUT2D eigenvalue weighted by atomic mass is 9.97. The Kier molecular flexibility index (Phi) is 2.09. The minimum atomic E-state index is -0.120. The van der Waals surface area contributed by atoms with Crippen LogP contribution in [0.25, 0.3) is 0 Å². The first-order valence-corrected chi connectivity index (χ1v) is 3.64. The predicted octanol–water partition coefficient (Wildman–Crippen LogP) is 0.352. The first-order chi connectivity index (χ1) is 4.25. The van der Waals surface area contributed by atoms with Crippen LogP contribution in [0.15, 0.2) is 0 Å². The van der Waals surface area contributed by atoms with Crippen molar-refractivity contribution in [1.82, 2.24) is 0 Å². The number of hydrogen-bond acceptors (Lipinski definition) is 2. The number of hydrogen-bond donors (Lipinski definition) is 2. The van der Waals surface area contributed by atoms with Gasteiger partial charge in [0, 0.05) is 0 Å². The molecule has 0 spiro atoms. The van der Waals surface area contributed by atoms with Gasteiger partial charge in [0.25, 0.3) is 0 Å². The molecule has 0 aromatic rings. The second-order valence-corrected chi connectivity index (χ2v) is 3.02. The minimum absolute atomic E-state index is 0.120. The van der Waals surface area contributed by atoms with Gasteiger partial charge in [-0.25, -0.2) is 0 Å². The lowest BCUT2D eigenvalue weighted by Gasteiger charge is -2.15. The van der Waals surface area contributed by atoms with Gasteiger partial charge in [-0.2, -0.15) is 0 Å². The zero-order valence-electron chi connectivity index (χ0n) is 5.88. The van der Waals surface area contributed by atoms with Gasteiger partial charge in [0.1, 0.15) is 0 Å². The predicted molar refractivity (Wildman–Crippen MR) is 36.9 cm³/mol. The number of aliphatic hydroxyl groups excluding tert-OH is 1. The summed E-state index contributed by atoms with van der Waals surface area (Å²) in [6.45, 7) is 2.80. The van der Waals surface area contributed by atoms with Gasteiger partial charge in [-0.15, -0.1) is 0 Å². The van der Waals surface area contributed by atoms with E-state index in [0.717, 1.165) is 12.8 Å². The van der Waals surface area contributed by atoms with Gasteiger partial charge >= 0.3 is 0 Å². The maximum absolute atomic E-state index is 9.28. The summed E-state index contributed by atoms with van der Waals surface area (Å²) in [6.07, 6.45) is 1.97. The fourth-order valence-corrected chi connectivity index (χ4v) is 1.63. The lowest BCUT2D eigenvalue weighted by molar-refractivity contribution is 0.124. The molecular weight excluding hydrogens is 114 g/mol. The fourth-order valence-electron chi connectivity index (χ4n) is 1.63. The van der Waals surface area contributed by atoms with Crippen LogP contribution in [0.5, 0.6) is 0 Å². The summed E-state index contributed by atoms with van der Waals surface area (Å²) < 4.78 is 0. The van der Waals surface area contributed by atoms with Crippen LogP contribution in [0.4, 0.5) is 0 Å². The summed E-state index contributed by atoms with van der Waals surface area (Å²) in [6, 6.07) is 0. The molecule has 1 aliphatic rings. The van der Waals surface area contributed by atoms with Crippen molar-refractivity contribution in [3.63, 3.8) is 0 Å². The van der Waals surface area contributed by atoms with Crippen LogP contribution in [-0.4, -0.2) is 17.8 Å². The number of nitrogens with two attached hydrogens (primary N) is 1. The molecule has 0 heterocycles. The molecule has 1 aliphatic carbocycles. The zero-order chi connectivity index (χ0) is 6.85. The molecule has 0 aliphatic heterocycles. The van der Waals surface area contributed by atoms with E-state index in [4.69, 9.17) is 5.73 Å². The molecule has 54 valence electrons. The van der Waals surface area contributed by atoms with E-state index in [1.54, 1.807) is 0 Å². The van der Waals surface area contributed by atoms with Crippen LogP contribution in [0.1, 0.15) is 19.8 Å². The Morgan fingerprint density at radius 1 is 1.56 bits per heavy atom. The summed E-state index contributed by atoms with van der Waals surface area (Å²) in [5.74, 6) is 0.995. The molecule has 1 fully saturated rings. The van der Waals surface area contributed by atoms with Crippen molar-refractivity contribution < 1.29 is 5.11 Å². The van der Waals surface area contributed by atoms with E-state index in [0.29, 0.717) is 18.4 Å². The SMILES string of the molecule is C[C@@H]1CC[C@H](O)[C@@H]1CN. The second kappa shape index (κ2) is 2.67. The van der Waals surface area contributed by atoms with Crippen molar-refractivity contribution in [2.24, 2.45) is 17.6 Å². The van der Waals surface area contributed by atoms with Crippen molar-refractivity contribution >= 4 is 0 Å². The highest BCUT2D eigenvalue weighted by molar-refractivity contribution is 4.82. The first kappa shape index (κ1) is 7.03. The van der Waals surface area contributed by atoms with E-state index < -0.39 is 0 Å². The highest BCUT2D eigenvalue weighted by Gasteiger charge is 2.30. The number of rotatable bonds is 1. The third-order valence-electron chi connectivity index (χ3n) is 2.42. The van der Waals surface area contributed by atoms with Crippen molar-refractivity contribution in [3.05, 3.63) is 0 Å². The summed E-state index contributed by atoms with van der Waals surface area (Å²) in [7, 11) is 0. The van der Waals surface area contributed by atoms with E-state index in [1.165, 1.54) is 0 Å². The molecule has 0 saturated heterocycles. The van der Waals surface area contributed by atoms with Crippen molar-refractivity contribution in [2.75, 3.05) is 6.54 Å². The first-order valence-electron chi connectivity index (χ1n) is 3.64. The monoisotopic (exact) mass is 129 g/mol. The van der Waals surface area contributed by atoms with E-state index in [9.17, 15) is 5.11 Å². The Morgan fingerprint density at radius 3 is 2.44 bits per heavy atom. The van der Waals surface area contributed by atoms with Crippen molar-refractivity contribution in [2.45, 2.75) is 25.9 Å². The molecular formula is C7H15NO. The summed E-state index contributed by atoms with van der Waals surface area (Å²) >= 11 is 0. The molecule has 0 unspecified atom stereocenters. The largest absolute Gasteiger partial charge is 0.393 e. The van der Waals surface area contributed by atoms with Gasteiger partial charge in [-0.3, -0.25) is 0 Å². The summed E-state index contributed by atoms with van der Waals surface area (Å²) in [5.41, 5.74) is 5.45. The summed E-state index contributed by atoms with van der Waals surface area (Å²) in [5, 5.41) is 9.28. The normalized spacial score (nSPS) is 43.7. The fraction of sp³-hybridized carbons (Fsp3) is 1.00. The van der Waals surface area contributed by atoms with Gasteiger partial charge in [0.15, 0.2) is 0 Å². The molecule has 1 saturated carbocycles. The maximum Gasteiger partial charge on any atom is 0.0583 e. The standard InChI is InChI=1S/C7H15NO/c1-5-2-3-7(9)6(5)4-8/h5-7,9H,2-4,8H2,1H3/t5-,6-,7+/m1/s1. The Bertz CT molecular complexity index is 84.9. The molecule has 0 radical (unpaired) electrons. The zero-order valence-corrected chi connectivity index (χ0v) is 5.88. The van der Waals surface area contributed by atoms with E-state index in [2.05, 4.69) is 6.92 Å². The highest BCUT2D eigenvalue weighted by Crippen LogP contribution is 2.30. The Labute approximate surface area is 56.1 Å². The number of aliphatic hydroxyl groups is 1. The van der Waals surface area contributed by atoms with Gasteiger partial charge in [0.2, 0.25) is 0 Å². The highest BCUT2D eigenvalue weighted by atomic mass is 16.3. The third-order valence-corrected chi connectivity index (χ3v) is 2.42. The average molecular weight is 129 g/mol. The maximum atomic E-state index is 9.28. The van der Waals surface area contributed by atoms with Crippen LogP contribution in [0, 0.1) is 11.8 Å². The Hall–Kier alpha value is -0.0800. The molecule has 9 heavy (non-hydrogen) atoms. The van der Waals surface area contributed by atoms with Crippen LogP contribution in [-0.2, 0) is 0 Å². The van der Waals surface area contributed by atoms with Crippen molar-refractivity contribution in [3.8, 4) is 0 Å². The average Bonchev–Trinajstić information content (AvgIpc) is 2.12. The molecule has 2 nitrogen and oxygen atoms in total. The topological polar surface area (TPSA) is 46.2 Å². The van der Waals surface area contributed by atoms with Crippen LogP contribution in [0.3, 0.4) is 0 Å². The van der Waals surface area contributed by atoms with Gasteiger partial charge in [0.05, 0.1) is 6.10 Å². The second-order valence-electron chi connectivity index (χ2n) is 3.02. The van der Waals surface area contributed by atoms with Crippen molar-refractivity contribution in [1.29, 1.82) is 0 Å². The Morgan fingerprint density at radius 2 is 2.22 bits per heavy atom. The quantitative estimate of drug-likeness (QED) is 0.536.